The molecular formula is C14H11F2N5. The van der Waals surface area contributed by atoms with Gasteiger partial charge in [0.2, 0.25) is 0 Å². The molecule has 0 atom stereocenters. The second-order valence-corrected chi connectivity index (χ2v) is 4.59. The number of halogens is 2. The molecule has 2 N–H and O–H groups in total. The van der Waals surface area contributed by atoms with Crippen LogP contribution in [-0.2, 0) is 0 Å². The van der Waals surface area contributed by atoms with Crippen LogP contribution in [-0.4, -0.2) is 20.2 Å². The van der Waals surface area contributed by atoms with Crippen LogP contribution < -0.4 is 5.73 Å². The number of aryl methyl sites for hydroxylation is 1. The number of nitrogens with two attached hydrogens (primary N) is 1. The van der Waals surface area contributed by atoms with Crippen molar-refractivity contribution >= 4 is 5.69 Å². The van der Waals surface area contributed by atoms with Crippen molar-refractivity contribution in [1.29, 1.82) is 0 Å². The summed E-state index contributed by atoms with van der Waals surface area (Å²) in [4.78, 5) is 0. The van der Waals surface area contributed by atoms with Crippen molar-refractivity contribution in [1.82, 2.24) is 20.2 Å². The summed E-state index contributed by atoms with van der Waals surface area (Å²) < 4.78 is 28.9. The van der Waals surface area contributed by atoms with Gasteiger partial charge in [-0.2, -0.15) is 4.68 Å². The Kier molecular flexibility index (Phi) is 3.09. The number of hydrogen-bond acceptors (Lipinski definition) is 4. The molecule has 0 aliphatic carbocycles. The highest BCUT2D eigenvalue weighted by Crippen LogP contribution is 2.23. The monoisotopic (exact) mass is 287 g/mol. The van der Waals surface area contributed by atoms with Gasteiger partial charge in [-0.05, 0) is 53.2 Å². The molecule has 0 aliphatic heterocycles. The molecule has 0 amide bonds. The van der Waals surface area contributed by atoms with Gasteiger partial charge >= 0.3 is 0 Å². The van der Waals surface area contributed by atoms with Crippen molar-refractivity contribution in [3.63, 3.8) is 0 Å². The summed E-state index contributed by atoms with van der Waals surface area (Å²) in [6.45, 7) is 1.49. The summed E-state index contributed by atoms with van der Waals surface area (Å²) in [5, 5.41) is 11.1. The zero-order valence-electron chi connectivity index (χ0n) is 11.1. The van der Waals surface area contributed by atoms with Crippen molar-refractivity contribution in [2.75, 3.05) is 5.73 Å². The van der Waals surface area contributed by atoms with E-state index in [0.29, 0.717) is 17.1 Å². The maximum atomic E-state index is 14.1. The zero-order chi connectivity index (χ0) is 15.0. The molecule has 3 rings (SSSR count). The first kappa shape index (κ1) is 13.2. The fourth-order valence-electron chi connectivity index (χ4n) is 1.96. The highest BCUT2D eigenvalue weighted by Gasteiger charge is 2.16. The molecular weight excluding hydrogens is 276 g/mol. The number of rotatable bonds is 2. The molecule has 0 unspecified atom stereocenters. The van der Waals surface area contributed by atoms with Gasteiger partial charge in [-0.3, -0.25) is 0 Å². The van der Waals surface area contributed by atoms with Crippen molar-refractivity contribution < 1.29 is 8.78 Å². The van der Waals surface area contributed by atoms with Crippen LogP contribution in [0, 0.1) is 18.6 Å². The minimum Gasteiger partial charge on any atom is -0.399 e. The summed E-state index contributed by atoms with van der Waals surface area (Å²) in [7, 11) is 0. The first-order chi connectivity index (χ1) is 10.1. The fourth-order valence-corrected chi connectivity index (χ4v) is 1.96. The van der Waals surface area contributed by atoms with Crippen LogP contribution in [0.2, 0.25) is 0 Å². The van der Waals surface area contributed by atoms with Crippen LogP contribution in [0.25, 0.3) is 17.1 Å². The molecule has 0 saturated heterocycles. The third-order valence-electron chi connectivity index (χ3n) is 3.09. The number of hydrogen-bond donors (Lipinski definition) is 1. The molecule has 7 heteroatoms. The molecule has 3 aromatic rings. The Labute approximate surface area is 119 Å². The Bertz CT molecular complexity index is 796. The van der Waals surface area contributed by atoms with Crippen molar-refractivity contribution in [2.45, 2.75) is 6.92 Å². The Morgan fingerprint density at radius 3 is 2.48 bits per heavy atom. The number of aromatic nitrogens is 4. The van der Waals surface area contributed by atoms with Gasteiger partial charge in [0, 0.05) is 17.3 Å². The second-order valence-electron chi connectivity index (χ2n) is 4.59. The molecule has 0 aliphatic rings. The van der Waals surface area contributed by atoms with Crippen LogP contribution in [0.1, 0.15) is 5.56 Å². The first-order valence-corrected chi connectivity index (χ1v) is 6.16. The van der Waals surface area contributed by atoms with Crippen LogP contribution in [0.5, 0.6) is 0 Å². The Morgan fingerprint density at radius 1 is 1.05 bits per heavy atom. The minimum absolute atomic E-state index is 0.0464. The maximum absolute atomic E-state index is 14.1. The smallest absolute Gasteiger partial charge is 0.187 e. The highest BCUT2D eigenvalue weighted by molar-refractivity contribution is 5.60. The largest absolute Gasteiger partial charge is 0.399 e. The van der Waals surface area contributed by atoms with Gasteiger partial charge in [0.1, 0.15) is 17.3 Å². The lowest BCUT2D eigenvalue weighted by Crippen LogP contribution is -2.04. The van der Waals surface area contributed by atoms with E-state index in [1.54, 1.807) is 24.3 Å². The SMILES string of the molecule is Cc1cc(F)c(-n2nnnc2-c2ccc(N)cc2)cc1F. The van der Waals surface area contributed by atoms with Gasteiger partial charge in [0.15, 0.2) is 5.82 Å². The molecule has 0 radical (unpaired) electrons. The van der Waals surface area contributed by atoms with Crippen LogP contribution in [0.15, 0.2) is 36.4 Å². The number of nitrogens with zero attached hydrogens (tertiary/aromatic N) is 4. The molecule has 5 nitrogen and oxygen atoms in total. The van der Waals surface area contributed by atoms with E-state index in [0.717, 1.165) is 16.8 Å². The number of benzene rings is 2. The van der Waals surface area contributed by atoms with Gasteiger partial charge in [-0.25, -0.2) is 8.78 Å². The first-order valence-electron chi connectivity index (χ1n) is 6.16. The predicted octanol–water partition coefficient (Wildman–Crippen LogP) is 2.50. The molecule has 0 spiro atoms. The third-order valence-corrected chi connectivity index (χ3v) is 3.09. The minimum atomic E-state index is -0.599. The lowest BCUT2D eigenvalue weighted by molar-refractivity contribution is 0.578. The van der Waals surface area contributed by atoms with E-state index in [1.807, 2.05) is 0 Å². The standard InChI is InChI=1S/C14H11F2N5/c1-8-6-12(16)13(7-11(8)15)21-14(18-19-20-21)9-2-4-10(17)5-3-9/h2-7H,17H2,1H3. The molecule has 0 fully saturated rings. The van der Waals surface area contributed by atoms with Crippen LogP contribution >= 0.6 is 0 Å². The van der Waals surface area contributed by atoms with E-state index in [9.17, 15) is 8.78 Å². The maximum Gasteiger partial charge on any atom is 0.187 e. The van der Waals surface area contributed by atoms with E-state index < -0.39 is 11.6 Å². The fraction of sp³-hybridized carbons (Fsp3) is 0.0714. The zero-order valence-corrected chi connectivity index (χ0v) is 11.1. The Morgan fingerprint density at radius 2 is 1.76 bits per heavy atom. The average molecular weight is 287 g/mol. The second kappa shape index (κ2) is 4.93. The van der Waals surface area contributed by atoms with Gasteiger partial charge < -0.3 is 5.73 Å². The third kappa shape index (κ3) is 2.33. The van der Waals surface area contributed by atoms with E-state index in [4.69, 9.17) is 5.73 Å². The van der Waals surface area contributed by atoms with Crippen LogP contribution in [0.3, 0.4) is 0 Å². The number of tetrazole rings is 1. The van der Waals surface area contributed by atoms with Crippen molar-refractivity contribution in [3.05, 3.63) is 53.6 Å². The molecule has 106 valence electrons. The van der Waals surface area contributed by atoms with E-state index in [1.165, 1.54) is 6.92 Å². The quantitative estimate of drug-likeness (QED) is 0.735. The molecule has 2 aromatic carbocycles. The molecule has 0 saturated carbocycles. The van der Waals surface area contributed by atoms with Gasteiger partial charge in [-0.15, -0.1) is 5.10 Å². The summed E-state index contributed by atoms with van der Waals surface area (Å²) in [5.74, 6) is -0.819. The Balaban J connectivity index is 2.15. The lowest BCUT2D eigenvalue weighted by atomic mass is 10.1. The van der Waals surface area contributed by atoms with Gasteiger partial charge in [0.25, 0.3) is 0 Å². The summed E-state index contributed by atoms with van der Waals surface area (Å²) in [6.07, 6.45) is 0. The summed E-state index contributed by atoms with van der Waals surface area (Å²) in [5.41, 5.74) is 7.03. The number of anilines is 1. The van der Waals surface area contributed by atoms with Crippen molar-refractivity contribution in [3.8, 4) is 17.1 Å². The average Bonchev–Trinajstić information content (AvgIpc) is 2.93. The highest BCUT2D eigenvalue weighted by atomic mass is 19.1. The van der Waals surface area contributed by atoms with E-state index in [-0.39, 0.29) is 11.3 Å². The summed E-state index contributed by atoms with van der Waals surface area (Å²) >= 11 is 0. The van der Waals surface area contributed by atoms with E-state index in [2.05, 4.69) is 15.5 Å². The van der Waals surface area contributed by atoms with Crippen LogP contribution in [0.4, 0.5) is 14.5 Å². The number of nitrogen functional groups attached to an aromatic ring is 1. The lowest BCUT2D eigenvalue weighted by Gasteiger charge is -2.07. The van der Waals surface area contributed by atoms with Gasteiger partial charge in [0.05, 0.1) is 0 Å². The Hall–Kier alpha value is -2.83. The molecule has 21 heavy (non-hydrogen) atoms. The molecule has 1 aromatic heterocycles. The normalized spacial score (nSPS) is 10.8. The van der Waals surface area contributed by atoms with Crippen molar-refractivity contribution in [2.24, 2.45) is 0 Å². The van der Waals surface area contributed by atoms with Gasteiger partial charge in [-0.1, -0.05) is 0 Å². The molecule has 1 heterocycles. The predicted molar refractivity (Wildman–Crippen MR) is 73.7 cm³/mol. The molecule has 0 bridgehead atoms. The van der Waals surface area contributed by atoms with E-state index >= 15 is 0 Å². The summed E-state index contributed by atoms with van der Waals surface area (Å²) in [6, 6.07) is 8.96. The topological polar surface area (TPSA) is 69.6 Å².